The largest absolute Gasteiger partial charge is 0.360 e. The van der Waals surface area contributed by atoms with Gasteiger partial charge in [-0.1, -0.05) is 6.92 Å². The molecule has 5 nitrogen and oxygen atoms in total. The molecule has 0 unspecified atom stereocenters. The van der Waals surface area contributed by atoms with Crippen LogP contribution in [-0.2, 0) is 6.42 Å². The van der Waals surface area contributed by atoms with Crippen LogP contribution in [0.5, 0.6) is 0 Å². The molecular weight excluding hydrogens is 246 g/mol. The molecule has 6 heteroatoms. The summed E-state index contributed by atoms with van der Waals surface area (Å²) < 4.78 is 4.32. The number of nitrogens with one attached hydrogen (secondary N) is 2. The van der Waals surface area contributed by atoms with Crippen molar-refractivity contribution in [3.8, 4) is 0 Å². The molecule has 1 saturated heterocycles. The van der Waals surface area contributed by atoms with E-state index < -0.39 is 0 Å². The third kappa shape index (κ3) is 4.51. The van der Waals surface area contributed by atoms with Crippen molar-refractivity contribution in [3.05, 3.63) is 5.82 Å². The zero-order valence-corrected chi connectivity index (χ0v) is 11.9. The molecule has 1 aromatic rings. The summed E-state index contributed by atoms with van der Waals surface area (Å²) in [6.45, 7) is 8.94. The van der Waals surface area contributed by atoms with Crippen molar-refractivity contribution in [3.63, 3.8) is 0 Å². The maximum absolute atomic E-state index is 4.46. The Hall–Kier alpha value is -0.720. The van der Waals surface area contributed by atoms with Crippen LogP contribution in [0.3, 0.4) is 0 Å². The van der Waals surface area contributed by atoms with E-state index in [1.807, 2.05) is 0 Å². The third-order valence-electron chi connectivity index (χ3n) is 3.08. The molecule has 1 aliphatic rings. The Labute approximate surface area is 113 Å². The number of piperazine rings is 1. The number of aryl methyl sites for hydroxylation is 1. The van der Waals surface area contributed by atoms with E-state index >= 15 is 0 Å². The lowest BCUT2D eigenvalue weighted by molar-refractivity contribution is 0.240. The van der Waals surface area contributed by atoms with Crippen molar-refractivity contribution in [2.24, 2.45) is 0 Å². The van der Waals surface area contributed by atoms with Crippen LogP contribution in [0.25, 0.3) is 0 Å². The molecule has 0 amide bonds. The van der Waals surface area contributed by atoms with Crippen LogP contribution >= 0.6 is 11.5 Å². The van der Waals surface area contributed by atoms with E-state index in [1.165, 1.54) is 37.6 Å². The number of anilines is 1. The Morgan fingerprint density at radius 1 is 1.39 bits per heavy atom. The molecule has 1 fully saturated rings. The van der Waals surface area contributed by atoms with Gasteiger partial charge in [-0.3, -0.25) is 0 Å². The van der Waals surface area contributed by atoms with Crippen LogP contribution in [0.2, 0.25) is 0 Å². The molecule has 0 bridgehead atoms. The smallest absolute Gasteiger partial charge is 0.202 e. The van der Waals surface area contributed by atoms with E-state index in [9.17, 15) is 0 Å². The second-order valence-electron chi connectivity index (χ2n) is 4.64. The van der Waals surface area contributed by atoms with E-state index in [-0.39, 0.29) is 0 Å². The van der Waals surface area contributed by atoms with Crippen molar-refractivity contribution in [1.29, 1.82) is 0 Å². The molecule has 18 heavy (non-hydrogen) atoms. The number of nitrogens with zero attached hydrogens (tertiary/aromatic N) is 3. The SMILES string of the molecule is CCCc1nsc(NCCCN2CCNCC2)n1. The fraction of sp³-hybridized carbons (Fsp3) is 0.833. The molecule has 0 saturated carbocycles. The first-order valence-electron chi connectivity index (χ1n) is 6.88. The van der Waals surface area contributed by atoms with Crippen molar-refractivity contribution < 1.29 is 0 Å². The molecule has 0 spiro atoms. The first-order valence-corrected chi connectivity index (χ1v) is 7.65. The summed E-state index contributed by atoms with van der Waals surface area (Å²) in [5, 5.41) is 7.71. The van der Waals surface area contributed by atoms with Crippen LogP contribution in [-0.4, -0.2) is 53.5 Å². The third-order valence-corrected chi connectivity index (χ3v) is 3.79. The van der Waals surface area contributed by atoms with Crippen molar-refractivity contribution in [2.45, 2.75) is 26.2 Å². The standard InChI is InChI=1S/C12H23N5S/c1-2-4-11-15-12(18-16-11)14-5-3-8-17-9-6-13-7-10-17/h13H,2-10H2,1H3,(H,14,15,16). The van der Waals surface area contributed by atoms with Gasteiger partial charge in [-0.25, -0.2) is 4.98 Å². The lowest BCUT2D eigenvalue weighted by atomic mass is 10.3. The molecule has 2 N–H and O–H groups in total. The minimum absolute atomic E-state index is 0.971. The summed E-state index contributed by atoms with van der Waals surface area (Å²) in [4.78, 5) is 6.97. The van der Waals surface area contributed by atoms with E-state index in [4.69, 9.17) is 0 Å². The van der Waals surface area contributed by atoms with Crippen molar-refractivity contribution in [2.75, 3.05) is 44.6 Å². The van der Waals surface area contributed by atoms with Crippen LogP contribution in [0, 0.1) is 0 Å². The van der Waals surface area contributed by atoms with Gasteiger partial charge in [-0.05, 0) is 19.4 Å². The van der Waals surface area contributed by atoms with Gasteiger partial charge < -0.3 is 15.5 Å². The van der Waals surface area contributed by atoms with E-state index in [0.29, 0.717) is 0 Å². The highest BCUT2D eigenvalue weighted by Crippen LogP contribution is 2.11. The van der Waals surface area contributed by atoms with Crippen molar-refractivity contribution >= 4 is 16.7 Å². The Kier molecular flexibility index (Phi) is 5.83. The number of rotatable bonds is 7. The average Bonchev–Trinajstić information content (AvgIpc) is 2.84. The van der Waals surface area contributed by atoms with E-state index in [0.717, 1.165) is 43.4 Å². The minimum Gasteiger partial charge on any atom is -0.360 e. The number of hydrogen-bond donors (Lipinski definition) is 2. The fourth-order valence-corrected chi connectivity index (χ4v) is 2.72. The lowest BCUT2D eigenvalue weighted by Crippen LogP contribution is -2.44. The van der Waals surface area contributed by atoms with Crippen LogP contribution in [0.1, 0.15) is 25.6 Å². The van der Waals surface area contributed by atoms with Gasteiger partial charge in [0.25, 0.3) is 0 Å². The van der Waals surface area contributed by atoms with E-state index in [1.54, 1.807) is 0 Å². The topological polar surface area (TPSA) is 53.1 Å². The maximum atomic E-state index is 4.46. The Balaban J connectivity index is 1.59. The van der Waals surface area contributed by atoms with Crippen LogP contribution in [0.15, 0.2) is 0 Å². The number of aromatic nitrogens is 2. The number of hydrogen-bond acceptors (Lipinski definition) is 6. The molecule has 0 aromatic carbocycles. The van der Waals surface area contributed by atoms with E-state index in [2.05, 4.69) is 31.8 Å². The molecule has 0 atom stereocenters. The fourth-order valence-electron chi connectivity index (χ4n) is 2.08. The van der Waals surface area contributed by atoms with Gasteiger partial charge in [0.05, 0.1) is 0 Å². The molecule has 0 radical (unpaired) electrons. The zero-order chi connectivity index (χ0) is 12.6. The summed E-state index contributed by atoms with van der Waals surface area (Å²) in [6, 6.07) is 0. The second-order valence-corrected chi connectivity index (χ2v) is 5.39. The highest BCUT2D eigenvalue weighted by molar-refractivity contribution is 7.09. The Bertz CT molecular complexity index is 335. The van der Waals surface area contributed by atoms with Gasteiger partial charge in [0, 0.05) is 50.7 Å². The van der Waals surface area contributed by atoms with Gasteiger partial charge >= 0.3 is 0 Å². The van der Waals surface area contributed by atoms with Crippen LogP contribution in [0.4, 0.5) is 5.13 Å². The van der Waals surface area contributed by atoms with Gasteiger partial charge in [-0.15, -0.1) is 0 Å². The second kappa shape index (κ2) is 7.66. The quantitative estimate of drug-likeness (QED) is 0.729. The highest BCUT2D eigenvalue weighted by Gasteiger charge is 2.08. The molecule has 1 aromatic heterocycles. The Morgan fingerprint density at radius 3 is 3.00 bits per heavy atom. The summed E-state index contributed by atoms with van der Waals surface area (Å²) in [6.07, 6.45) is 3.26. The normalized spacial score (nSPS) is 16.9. The highest BCUT2D eigenvalue weighted by atomic mass is 32.1. The van der Waals surface area contributed by atoms with Crippen molar-refractivity contribution in [1.82, 2.24) is 19.6 Å². The summed E-state index contributed by atoms with van der Waals surface area (Å²) >= 11 is 1.48. The molecular formula is C12H23N5S. The monoisotopic (exact) mass is 269 g/mol. The molecule has 0 aliphatic carbocycles. The zero-order valence-electron chi connectivity index (χ0n) is 11.1. The van der Waals surface area contributed by atoms with Gasteiger partial charge in [0.15, 0.2) is 0 Å². The molecule has 2 heterocycles. The lowest BCUT2D eigenvalue weighted by Gasteiger charge is -2.26. The first kappa shape index (κ1) is 13.7. The van der Waals surface area contributed by atoms with Crippen LogP contribution < -0.4 is 10.6 Å². The molecule has 102 valence electrons. The Morgan fingerprint density at radius 2 is 2.22 bits per heavy atom. The minimum atomic E-state index is 0.971. The van der Waals surface area contributed by atoms with Gasteiger partial charge in [0.2, 0.25) is 5.13 Å². The predicted octanol–water partition coefficient (Wildman–Crippen LogP) is 1.20. The molecule has 2 rings (SSSR count). The maximum Gasteiger partial charge on any atom is 0.202 e. The van der Waals surface area contributed by atoms with Gasteiger partial charge in [-0.2, -0.15) is 4.37 Å². The predicted molar refractivity (Wildman–Crippen MR) is 76.3 cm³/mol. The summed E-state index contributed by atoms with van der Waals surface area (Å²) in [5.74, 6) is 0.979. The summed E-state index contributed by atoms with van der Waals surface area (Å²) in [5.41, 5.74) is 0. The average molecular weight is 269 g/mol. The van der Waals surface area contributed by atoms with Gasteiger partial charge in [0.1, 0.15) is 5.82 Å². The summed E-state index contributed by atoms with van der Waals surface area (Å²) in [7, 11) is 0. The first-order chi connectivity index (χ1) is 8.88. The molecule has 1 aliphatic heterocycles.